The van der Waals surface area contributed by atoms with Gasteiger partial charge in [-0.2, -0.15) is 0 Å². The molecule has 1 unspecified atom stereocenters. The number of carbonyl (C=O) groups is 6. The number of aliphatic carboxylic acids is 2. The molecule has 25 heteroatoms. The smallest absolute Gasteiger partial charge is 0.338 e. The molecule has 3 aliphatic rings. The molecule has 2 aromatic rings. The molecule has 1 aliphatic heterocycles. The second-order valence-corrected chi connectivity index (χ2v) is 15.7. The number of hydrogen-bond donors (Lipinski definition) is 13. The van der Waals surface area contributed by atoms with Gasteiger partial charge in [-0.15, -0.1) is 0 Å². The number of aliphatic hydroxyl groups is 8. The Bertz CT molecular complexity index is 2210. The fraction of sp³-hybridized carbons (Fsp3) is 0.463. The molecular formula is C41H46O25. The highest BCUT2D eigenvalue weighted by molar-refractivity contribution is 5.90. The van der Waals surface area contributed by atoms with Crippen molar-refractivity contribution < 1.29 is 124 Å². The van der Waals surface area contributed by atoms with E-state index in [1.807, 2.05) is 0 Å². The first-order chi connectivity index (χ1) is 30.9. The molecule has 2 aromatic carbocycles. The number of ether oxygens (including phenoxy) is 6. The van der Waals surface area contributed by atoms with E-state index in [4.69, 9.17) is 33.5 Å². The first-order valence-corrected chi connectivity index (χ1v) is 19.7. The number of carboxylic acid groups (broad SMARTS) is 2. The zero-order valence-corrected chi connectivity index (χ0v) is 34.1. The van der Waals surface area contributed by atoms with E-state index in [1.54, 1.807) is 0 Å². The molecule has 360 valence electrons. The van der Waals surface area contributed by atoms with Gasteiger partial charge in [0.15, 0.2) is 34.2 Å². The van der Waals surface area contributed by atoms with E-state index in [-0.39, 0.29) is 11.1 Å². The monoisotopic (exact) mass is 938 g/mol. The lowest BCUT2D eigenvalue weighted by atomic mass is 9.79. The summed E-state index contributed by atoms with van der Waals surface area (Å²) < 4.78 is 31.2. The zero-order valence-electron chi connectivity index (χ0n) is 34.1. The number of carboxylic acids is 2. The van der Waals surface area contributed by atoms with E-state index < -0.39 is 176 Å². The molecule has 0 radical (unpaired) electrons. The first kappa shape index (κ1) is 50.6. The van der Waals surface area contributed by atoms with Crippen molar-refractivity contribution in [2.75, 3.05) is 6.61 Å². The molecule has 2 saturated carbocycles. The summed E-state index contributed by atoms with van der Waals surface area (Å²) in [5.74, 6) is -10.5. The lowest BCUT2D eigenvalue weighted by molar-refractivity contribution is -0.280. The molecule has 2 aliphatic carbocycles. The Morgan fingerprint density at radius 2 is 1.18 bits per heavy atom. The van der Waals surface area contributed by atoms with Gasteiger partial charge in [0, 0.05) is 37.8 Å². The van der Waals surface area contributed by atoms with Crippen molar-refractivity contribution in [2.24, 2.45) is 0 Å². The molecule has 0 amide bonds. The van der Waals surface area contributed by atoms with Gasteiger partial charge in [0.1, 0.15) is 68.0 Å². The molecule has 0 aromatic heterocycles. The number of esters is 4. The van der Waals surface area contributed by atoms with Gasteiger partial charge in [-0.3, -0.25) is 9.59 Å². The van der Waals surface area contributed by atoms with Crippen molar-refractivity contribution in [1.29, 1.82) is 0 Å². The van der Waals surface area contributed by atoms with E-state index in [2.05, 4.69) is 0 Å². The second-order valence-electron chi connectivity index (χ2n) is 15.7. The molecule has 3 fully saturated rings. The van der Waals surface area contributed by atoms with Crippen molar-refractivity contribution >= 4 is 48.0 Å². The third-order valence-corrected chi connectivity index (χ3v) is 10.7. The summed E-state index contributed by atoms with van der Waals surface area (Å²) in [6.07, 6.45) is -20.7. The molecule has 5 rings (SSSR count). The number of carbonyl (C=O) groups excluding carboxylic acids is 4. The van der Waals surface area contributed by atoms with Gasteiger partial charge >= 0.3 is 35.8 Å². The number of benzene rings is 2. The van der Waals surface area contributed by atoms with Crippen LogP contribution < -0.4 is 4.74 Å². The average molecular weight is 939 g/mol. The minimum atomic E-state index is -2.65. The van der Waals surface area contributed by atoms with Crippen LogP contribution in [0.4, 0.5) is 0 Å². The Labute approximate surface area is 371 Å². The summed E-state index contributed by atoms with van der Waals surface area (Å²) in [5.41, 5.74) is -4.90. The third-order valence-electron chi connectivity index (χ3n) is 10.7. The van der Waals surface area contributed by atoms with E-state index in [9.17, 15) is 90.0 Å². The van der Waals surface area contributed by atoms with Crippen LogP contribution >= 0.6 is 0 Å². The predicted octanol–water partition coefficient (Wildman–Crippen LogP) is -3.31. The summed E-state index contributed by atoms with van der Waals surface area (Å²) in [4.78, 5) is 72.8. The van der Waals surface area contributed by atoms with Crippen LogP contribution in [0.5, 0.6) is 23.0 Å². The summed E-state index contributed by atoms with van der Waals surface area (Å²) in [5, 5.41) is 133. The Kier molecular flexibility index (Phi) is 16.0. The van der Waals surface area contributed by atoms with E-state index in [0.29, 0.717) is 0 Å². The lowest BCUT2D eigenvalue weighted by Gasteiger charge is -2.41. The molecule has 13 N–H and O–H groups in total. The van der Waals surface area contributed by atoms with E-state index in [0.717, 1.165) is 42.5 Å². The Morgan fingerprint density at radius 3 is 1.74 bits per heavy atom. The molecule has 66 heavy (non-hydrogen) atoms. The molecule has 25 nitrogen and oxygen atoms in total. The van der Waals surface area contributed by atoms with Crippen LogP contribution in [-0.2, 0) is 52.5 Å². The number of hydrogen-bond acceptors (Lipinski definition) is 23. The summed E-state index contributed by atoms with van der Waals surface area (Å²) in [6, 6.07) is 6.99. The maximum atomic E-state index is 13.2. The summed E-state index contributed by atoms with van der Waals surface area (Å²) in [6.45, 7) is -0.924. The number of phenolic OH excluding ortho intramolecular Hbond substituents is 3. The Hall–Kier alpha value is -6.42. The Morgan fingerprint density at radius 1 is 0.636 bits per heavy atom. The molecule has 13 atom stereocenters. The fourth-order valence-corrected chi connectivity index (χ4v) is 7.15. The molecule has 1 heterocycles. The maximum absolute atomic E-state index is 13.2. The van der Waals surface area contributed by atoms with Crippen molar-refractivity contribution in [3.05, 3.63) is 59.7 Å². The van der Waals surface area contributed by atoms with Crippen molar-refractivity contribution in [3.8, 4) is 23.0 Å². The van der Waals surface area contributed by atoms with Crippen LogP contribution in [0.1, 0.15) is 43.2 Å². The van der Waals surface area contributed by atoms with Crippen LogP contribution in [-0.4, -0.2) is 187 Å². The zero-order chi connectivity index (χ0) is 48.8. The molecule has 1 saturated heterocycles. The second kappa shape index (κ2) is 20.8. The van der Waals surface area contributed by atoms with Gasteiger partial charge in [0.05, 0.1) is 6.10 Å². The van der Waals surface area contributed by atoms with Gasteiger partial charge in [-0.05, 0) is 47.5 Å². The topological polar surface area (TPSA) is 421 Å². The van der Waals surface area contributed by atoms with Crippen molar-refractivity contribution in [1.82, 2.24) is 0 Å². The van der Waals surface area contributed by atoms with Gasteiger partial charge in [0.2, 0.25) is 6.29 Å². The highest BCUT2D eigenvalue weighted by Gasteiger charge is 2.54. The quantitative estimate of drug-likeness (QED) is 0.0273. The minimum absolute atomic E-state index is 0.0795. The molecule has 0 bridgehead atoms. The standard InChI is InChI=1S/C41H46O25/c42-19-5-1-17(9-20(19)43)3-7-29(48)62-24-15-41(60,12-22(45)32(24)51)39(58)61-16-27-34(53)35(54)36(55)37(66-27)65-23-6-2-18(10-21(23)44)4-8-30(49)63-25-13-40(59,38(56)57)14-26(33(25)52)64-31(50)11-28(46)47/h1-10,22,24-27,32-37,42-45,51-55,59-60H,11-16H2,(H,46,47)(H,56,57)/b7-3+,8-4+/t22-,24?,25-,26-,27-,32-,33+,34-,35+,36-,37-,40-,41+/m1/s1. The average Bonchev–Trinajstić information content (AvgIpc) is 3.24. The predicted molar refractivity (Wildman–Crippen MR) is 210 cm³/mol. The van der Waals surface area contributed by atoms with Crippen LogP contribution in [0.3, 0.4) is 0 Å². The largest absolute Gasteiger partial charge is 0.504 e. The fourth-order valence-electron chi connectivity index (χ4n) is 7.15. The number of rotatable bonds is 15. The van der Waals surface area contributed by atoms with Gasteiger partial charge in [0.25, 0.3) is 0 Å². The summed E-state index contributed by atoms with van der Waals surface area (Å²) >= 11 is 0. The van der Waals surface area contributed by atoms with Crippen LogP contribution in [0.25, 0.3) is 12.2 Å². The molecular weight excluding hydrogens is 892 g/mol. The summed E-state index contributed by atoms with van der Waals surface area (Å²) in [7, 11) is 0. The van der Waals surface area contributed by atoms with Crippen molar-refractivity contribution in [2.45, 2.75) is 111 Å². The maximum Gasteiger partial charge on any atom is 0.338 e. The number of phenols is 3. The number of aliphatic hydroxyl groups excluding tert-OH is 6. The van der Waals surface area contributed by atoms with E-state index in [1.165, 1.54) is 18.2 Å². The van der Waals surface area contributed by atoms with Gasteiger partial charge < -0.3 is 94.8 Å². The first-order valence-electron chi connectivity index (χ1n) is 19.7. The van der Waals surface area contributed by atoms with Crippen LogP contribution in [0.15, 0.2) is 48.6 Å². The lowest BCUT2D eigenvalue weighted by Crippen LogP contribution is -2.61. The highest BCUT2D eigenvalue weighted by atomic mass is 16.7. The van der Waals surface area contributed by atoms with Crippen LogP contribution in [0, 0.1) is 0 Å². The number of aromatic hydroxyl groups is 3. The third kappa shape index (κ3) is 12.3. The van der Waals surface area contributed by atoms with Gasteiger partial charge in [-0.25, -0.2) is 19.2 Å². The molecule has 0 spiro atoms. The van der Waals surface area contributed by atoms with Crippen molar-refractivity contribution in [3.63, 3.8) is 0 Å². The normalized spacial score (nSPS) is 32.3. The van der Waals surface area contributed by atoms with Gasteiger partial charge in [-0.1, -0.05) is 12.1 Å². The van der Waals surface area contributed by atoms with E-state index >= 15 is 0 Å². The minimum Gasteiger partial charge on any atom is -0.504 e. The Balaban J connectivity index is 1.17. The van der Waals surface area contributed by atoms with Crippen LogP contribution in [0.2, 0.25) is 0 Å². The SMILES string of the molecule is O=C(O)CC(=O)O[C@@H]1C[C@@](O)(C(=O)O)C[C@@H](OC(=O)/C=C/c2ccc(O[C@@H]3O[C@H](COC(=O)[C@@]4(O)CC(OC(=O)/C=C/c5ccc(O)c(O)c5)[C@H](O)[C@H](O)C4)[C@@H](O)[C@H](O)[C@H]3O)c(O)c2)[C@@H]1O. The highest BCUT2D eigenvalue weighted by Crippen LogP contribution is 2.36.